The first kappa shape index (κ1) is 17.4. The van der Waals surface area contributed by atoms with Crippen LogP contribution < -0.4 is 5.32 Å². The van der Waals surface area contributed by atoms with Gasteiger partial charge in [-0.05, 0) is 29.3 Å². The molecule has 2 rings (SSSR count). The van der Waals surface area contributed by atoms with Crippen LogP contribution in [0.5, 0.6) is 0 Å². The van der Waals surface area contributed by atoms with E-state index in [0.29, 0.717) is 37.4 Å². The van der Waals surface area contributed by atoms with Gasteiger partial charge in [-0.2, -0.15) is 0 Å². The lowest BCUT2D eigenvalue weighted by Crippen LogP contribution is -2.31. The van der Waals surface area contributed by atoms with Gasteiger partial charge in [0.25, 0.3) is 5.91 Å². The zero-order valence-corrected chi connectivity index (χ0v) is 14.5. The topological polar surface area (TPSA) is 49.4 Å². The normalized spacial score (nSPS) is 10.3. The summed E-state index contributed by atoms with van der Waals surface area (Å²) in [7, 11) is 0. The molecule has 0 saturated heterocycles. The second-order valence-electron chi connectivity index (χ2n) is 4.98. The molecule has 2 heterocycles. The molecule has 0 spiro atoms. The molecule has 0 radical (unpaired) electrons. The summed E-state index contributed by atoms with van der Waals surface area (Å²) in [5.41, 5.74) is 0. The number of amides is 2. The molecule has 0 aliphatic carbocycles. The summed E-state index contributed by atoms with van der Waals surface area (Å²) in [6, 6.07) is 7.64. The smallest absolute Gasteiger partial charge is 0.261 e. The number of carbonyl (C=O) groups is 2. The van der Waals surface area contributed by atoms with Gasteiger partial charge in [0.2, 0.25) is 5.91 Å². The van der Waals surface area contributed by atoms with Gasteiger partial charge in [0.15, 0.2) is 0 Å². The van der Waals surface area contributed by atoms with Crippen LogP contribution in [0.25, 0.3) is 0 Å². The van der Waals surface area contributed by atoms with Crippen molar-refractivity contribution in [3.8, 4) is 0 Å². The second kappa shape index (κ2) is 9.27. The zero-order chi connectivity index (χ0) is 16.5. The lowest BCUT2D eigenvalue weighted by molar-refractivity contribution is -0.131. The summed E-state index contributed by atoms with van der Waals surface area (Å²) < 4.78 is 0. The molecule has 0 saturated carbocycles. The monoisotopic (exact) mass is 348 g/mol. The molecule has 0 aromatic carbocycles. The van der Waals surface area contributed by atoms with Crippen LogP contribution in [-0.2, 0) is 11.3 Å². The number of nitrogens with zero attached hydrogens (tertiary/aromatic N) is 1. The van der Waals surface area contributed by atoms with Crippen LogP contribution in [0.4, 0.5) is 0 Å². The molecule has 4 nitrogen and oxygen atoms in total. The highest BCUT2D eigenvalue weighted by Crippen LogP contribution is 2.13. The van der Waals surface area contributed by atoms with Gasteiger partial charge in [-0.15, -0.1) is 29.3 Å². The number of carbonyl (C=O) groups excluding carboxylic acids is 2. The van der Waals surface area contributed by atoms with E-state index >= 15 is 0 Å². The van der Waals surface area contributed by atoms with Crippen LogP contribution in [0.3, 0.4) is 0 Å². The molecule has 2 aromatic rings. The highest BCUT2D eigenvalue weighted by Gasteiger charge is 2.13. The van der Waals surface area contributed by atoms with Crippen LogP contribution >= 0.6 is 22.7 Å². The molecular weight excluding hydrogens is 328 g/mol. The minimum atomic E-state index is -0.0750. The van der Waals surface area contributed by atoms with E-state index in [1.165, 1.54) is 11.3 Å². The van der Waals surface area contributed by atoms with Gasteiger partial charge in [0.1, 0.15) is 0 Å². The second-order valence-corrected chi connectivity index (χ2v) is 6.96. The predicted molar refractivity (Wildman–Crippen MR) is 95.8 cm³/mol. The highest BCUT2D eigenvalue weighted by atomic mass is 32.1. The van der Waals surface area contributed by atoms with Crippen molar-refractivity contribution in [2.75, 3.05) is 13.1 Å². The molecule has 0 aliphatic rings. The van der Waals surface area contributed by atoms with Gasteiger partial charge in [-0.3, -0.25) is 9.59 Å². The molecule has 122 valence electrons. The minimum Gasteiger partial charge on any atom is -0.351 e. The van der Waals surface area contributed by atoms with Crippen LogP contribution in [0.1, 0.15) is 27.4 Å². The van der Waals surface area contributed by atoms with Crippen molar-refractivity contribution in [2.24, 2.45) is 0 Å². The van der Waals surface area contributed by atoms with Crippen molar-refractivity contribution >= 4 is 34.5 Å². The number of thiophene rings is 2. The summed E-state index contributed by atoms with van der Waals surface area (Å²) >= 11 is 3.05. The van der Waals surface area contributed by atoms with Crippen molar-refractivity contribution < 1.29 is 9.59 Å². The Labute approximate surface area is 144 Å². The first-order valence-electron chi connectivity index (χ1n) is 7.43. The van der Waals surface area contributed by atoms with Gasteiger partial charge >= 0.3 is 0 Å². The summed E-state index contributed by atoms with van der Waals surface area (Å²) in [4.78, 5) is 27.7. The summed E-state index contributed by atoms with van der Waals surface area (Å²) in [5.74, 6) is 0.0117. The van der Waals surface area contributed by atoms with Crippen molar-refractivity contribution in [1.29, 1.82) is 0 Å². The zero-order valence-electron chi connectivity index (χ0n) is 12.9. The fourth-order valence-corrected chi connectivity index (χ4v) is 3.46. The van der Waals surface area contributed by atoms with Gasteiger partial charge in [0.05, 0.1) is 11.4 Å². The Morgan fingerprint density at radius 1 is 1.22 bits per heavy atom. The molecule has 23 heavy (non-hydrogen) atoms. The SMILES string of the molecule is C=CCN(Cc1cccs1)C(=O)CCCNC(=O)c1cccs1. The minimum absolute atomic E-state index is 0.0750. The molecule has 0 aliphatic heterocycles. The first-order valence-corrected chi connectivity index (χ1v) is 9.19. The van der Waals surface area contributed by atoms with Crippen LogP contribution in [0.15, 0.2) is 47.7 Å². The Bertz CT molecular complexity index is 621. The molecular formula is C17H20N2O2S2. The van der Waals surface area contributed by atoms with E-state index in [2.05, 4.69) is 11.9 Å². The summed E-state index contributed by atoms with van der Waals surface area (Å²) in [6.45, 7) is 5.37. The summed E-state index contributed by atoms with van der Waals surface area (Å²) in [5, 5.41) is 6.72. The van der Waals surface area contributed by atoms with E-state index in [1.54, 1.807) is 28.4 Å². The first-order chi connectivity index (χ1) is 11.2. The molecule has 0 unspecified atom stereocenters. The maximum atomic E-state index is 12.3. The quantitative estimate of drug-likeness (QED) is 0.557. The van der Waals surface area contributed by atoms with E-state index in [0.717, 1.165) is 4.88 Å². The lowest BCUT2D eigenvalue weighted by atomic mass is 10.2. The Balaban J connectivity index is 1.73. The van der Waals surface area contributed by atoms with Crippen LogP contribution in [-0.4, -0.2) is 29.8 Å². The fourth-order valence-electron chi connectivity index (χ4n) is 2.10. The van der Waals surface area contributed by atoms with Crippen molar-refractivity contribution in [3.63, 3.8) is 0 Å². The maximum absolute atomic E-state index is 12.3. The standard InChI is InChI=1S/C17H20N2O2S2/c1-2-10-19(13-14-6-4-11-22-14)16(20)8-3-9-18-17(21)15-7-5-12-23-15/h2,4-7,11-12H,1,3,8-10,13H2,(H,18,21). The molecule has 2 amide bonds. The largest absolute Gasteiger partial charge is 0.351 e. The van der Waals surface area contributed by atoms with Gasteiger partial charge < -0.3 is 10.2 Å². The van der Waals surface area contributed by atoms with Gasteiger partial charge in [-0.1, -0.05) is 18.2 Å². The average Bonchev–Trinajstić information content (AvgIpc) is 3.23. The molecule has 0 bridgehead atoms. The Kier molecular flexibility index (Phi) is 7.03. The fraction of sp³-hybridized carbons (Fsp3) is 0.294. The molecule has 0 atom stereocenters. The Morgan fingerprint density at radius 2 is 2.00 bits per heavy atom. The third-order valence-corrected chi connectivity index (χ3v) is 4.96. The Hall–Kier alpha value is -1.92. The number of hydrogen-bond acceptors (Lipinski definition) is 4. The van der Waals surface area contributed by atoms with E-state index in [4.69, 9.17) is 0 Å². The highest BCUT2D eigenvalue weighted by molar-refractivity contribution is 7.12. The average molecular weight is 348 g/mol. The van der Waals surface area contributed by atoms with E-state index in [9.17, 15) is 9.59 Å². The van der Waals surface area contributed by atoms with Crippen molar-refractivity contribution in [2.45, 2.75) is 19.4 Å². The number of hydrogen-bond donors (Lipinski definition) is 1. The third kappa shape index (κ3) is 5.65. The van der Waals surface area contributed by atoms with Crippen LogP contribution in [0.2, 0.25) is 0 Å². The molecule has 6 heteroatoms. The van der Waals surface area contributed by atoms with E-state index < -0.39 is 0 Å². The predicted octanol–water partition coefficient (Wildman–Crippen LogP) is 3.53. The maximum Gasteiger partial charge on any atom is 0.261 e. The molecule has 0 fully saturated rings. The summed E-state index contributed by atoms with van der Waals surface area (Å²) in [6.07, 6.45) is 2.79. The van der Waals surface area contributed by atoms with Gasteiger partial charge in [0, 0.05) is 24.4 Å². The third-order valence-electron chi connectivity index (χ3n) is 3.23. The lowest BCUT2D eigenvalue weighted by Gasteiger charge is -2.20. The Morgan fingerprint density at radius 3 is 2.65 bits per heavy atom. The van der Waals surface area contributed by atoms with E-state index in [-0.39, 0.29) is 11.8 Å². The number of nitrogens with one attached hydrogen (secondary N) is 1. The van der Waals surface area contributed by atoms with Crippen molar-refractivity contribution in [3.05, 3.63) is 57.4 Å². The number of rotatable bonds is 9. The van der Waals surface area contributed by atoms with Crippen molar-refractivity contribution in [1.82, 2.24) is 10.2 Å². The van der Waals surface area contributed by atoms with Gasteiger partial charge in [-0.25, -0.2) is 0 Å². The molecule has 1 N–H and O–H groups in total. The molecule has 2 aromatic heterocycles. The van der Waals surface area contributed by atoms with Crippen LogP contribution in [0, 0.1) is 0 Å². The van der Waals surface area contributed by atoms with E-state index in [1.807, 2.05) is 29.0 Å².